The molecule has 1 aromatic heterocycles. The van der Waals surface area contributed by atoms with Crippen LogP contribution in [0.4, 0.5) is 0 Å². The first-order chi connectivity index (χ1) is 8.19. The Morgan fingerprint density at radius 2 is 1.94 bits per heavy atom. The second-order valence-electron chi connectivity index (χ2n) is 4.95. The Kier molecular flexibility index (Phi) is 2.30. The summed E-state index contributed by atoms with van der Waals surface area (Å²) < 4.78 is 2.02. The fourth-order valence-electron chi connectivity index (χ4n) is 2.44. The molecular formula is C14H17N3. The summed E-state index contributed by atoms with van der Waals surface area (Å²) in [4.78, 5) is 4.34. The van der Waals surface area contributed by atoms with Gasteiger partial charge in [-0.25, -0.2) is 4.98 Å². The molecule has 3 nitrogen and oxygen atoms in total. The van der Waals surface area contributed by atoms with E-state index in [9.17, 15) is 0 Å². The van der Waals surface area contributed by atoms with E-state index in [-0.39, 0.29) is 5.54 Å². The Balaban J connectivity index is 1.93. The van der Waals surface area contributed by atoms with Crippen molar-refractivity contribution in [3.63, 3.8) is 0 Å². The third-order valence-corrected chi connectivity index (χ3v) is 3.78. The zero-order valence-electron chi connectivity index (χ0n) is 10.1. The van der Waals surface area contributed by atoms with Gasteiger partial charge in [0.1, 0.15) is 5.82 Å². The van der Waals surface area contributed by atoms with Gasteiger partial charge < -0.3 is 10.3 Å². The average molecular weight is 227 g/mol. The molecule has 0 radical (unpaired) electrons. The molecule has 2 aromatic rings. The molecule has 1 aromatic carbocycles. The predicted molar refractivity (Wildman–Crippen MR) is 68.4 cm³/mol. The highest BCUT2D eigenvalue weighted by Gasteiger charge is 2.34. The molecule has 3 heteroatoms. The third kappa shape index (κ3) is 1.67. The summed E-state index contributed by atoms with van der Waals surface area (Å²) in [6.45, 7) is 0. The molecule has 0 bridgehead atoms. The van der Waals surface area contributed by atoms with Gasteiger partial charge in [-0.2, -0.15) is 0 Å². The number of nitrogens with zero attached hydrogens (tertiary/aromatic N) is 2. The minimum Gasteiger partial charge on any atom is -0.334 e. The van der Waals surface area contributed by atoms with Crippen molar-refractivity contribution in [2.45, 2.75) is 24.8 Å². The third-order valence-electron chi connectivity index (χ3n) is 3.78. The molecule has 0 amide bonds. The van der Waals surface area contributed by atoms with Crippen LogP contribution < -0.4 is 5.73 Å². The van der Waals surface area contributed by atoms with Gasteiger partial charge in [-0.1, -0.05) is 24.3 Å². The highest BCUT2D eigenvalue weighted by molar-refractivity contribution is 5.56. The summed E-state index contributed by atoms with van der Waals surface area (Å²) in [5.74, 6) is 0.997. The largest absolute Gasteiger partial charge is 0.334 e. The lowest BCUT2D eigenvalue weighted by atomic mass is 9.73. The SMILES string of the molecule is Cn1ccnc1-c1ccc(C2(N)CCC2)cc1. The van der Waals surface area contributed by atoms with Crippen LogP contribution in [0.2, 0.25) is 0 Å². The second kappa shape index (κ2) is 3.70. The number of benzene rings is 1. The van der Waals surface area contributed by atoms with E-state index in [1.54, 1.807) is 0 Å². The van der Waals surface area contributed by atoms with Gasteiger partial charge in [0.15, 0.2) is 0 Å². The minimum atomic E-state index is -0.0693. The number of aryl methyl sites for hydroxylation is 1. The molecule has 0 unspecified atom stereocenters. The number of imidazole rings is 1. The van der Waals surface area contributed by atoms with E-state index in [4.69, 9.17) is 5.73 Å². The van der Waals surface area contributed by atoms with Crippen LogP contribution in [0, 0.1) is 0 Å². The Bertz CT molecular complexity index is 521. The maximum atomic E-state index is 6.30. The van der Waals surface area contributed by atoms with E-state index < -0.39 is 0 Å². The summed E-state index contributed by atoms with van der Waals surface area (Å²) in [7, 11) is 2.01. The Hall–Kier alpha value is -1.61. The van der Waals surface area contributed by atoms with Crippen molar-refractivity contribution in [1.29, 1.82) is 0 Å². The fourth-order valence-corrected chi connectivity index (χ4v) is 2.44. The molecule has 88 valence electrons. The molecule has 2 N–H and O–H groups in total. The lowest BCUT2D eigenvalue weighted by Crippen LogP contribution is -2.43. The van der Waals surface area contributed by atoms with Crippen LogP contribution in [0.1, 0.15) is 24.8 Å². The van der Waals surface area contributed by atoms with Crippen molar-refractivity contribution >= 4 is 0 Å². The van der Waals surface area contributed by atoms with E-state index >= 15 is 0 Å². The van der Waals surface area contributed by atoms with E-state index in [1.165, 1.54) is 12.0 Å². The Labute approximate surface area is 101 Å². The molecule has 1 aliphatic carbocycles. The summed E-state index contributed by atoms with van der Waals surface area (Å²) in [5.41, 5.74) is 8.63. The number of hydrogen-bond donors (Lipinski definition) is 1. The van der Waals surface area contributed by atoms with Gasteiger partial charge in [0, 0.05) is 30.5 Å². The zero-order valence-corrected chi connectivity index (χ0v) is 10.1. The molecule has 1 heterocycles. The molecule has 3 rings (SSSR count). The quantitative estimate of drug-likeness (QED) is 0.856. The van der Waals surface area contributed by atoms with Crippen molar-refractivity contribution in [2.24, 2.45) is 12.8 Å². The lowest BCUT2D eigenvalue weighted by Gasteiger charge is -2.38. The molecule has 0 atom stereocenters. The van der Waals surface area contributed by atoms with E-state index in [1.807, 2.05) is 24.0 Å². The lowest BCUT2D eigenvalue weighted by molar-refractivity contribution is 0.253. The monoisotopic (exact) mass is 227 g/mol. The van der Waals surface area contributed by atoms with Crippen molar-refractivity contribution in [1.82, 2.24) is 9.55 Å². The summed E-state index contributed by atoms with van der Waals surface area (Å²) in [6.07, 6.45) is 7.24. The molecule has 0 aliphatic heterocycles. The molecule has 1 aliphatic rings. The maximum Gasteiger partial charge on any atom is 0.139 e. The molecule has 17 heavy (non-hydrogen) atoms. The Morgan fingerprint density at radius 1 is 1.24 bits per heavy atom. The number of rotatable bonds is 2. The molecule has 0 spiro atoms. The van der Waals surface area contributed by atoms with Gasteiger partial charge in [0.2, 0.25) is 0 Å². The standard InChI is InChI=1S/C14H17N3/c1-17-10-9-16-13(17)11-3-5-12(6-4-11)14(15)7-2-8-14/h3-6,9-10H,2,7-8,15H2,1H3. The maximum absolute atomic E-state index is 6.30. The summed E-state index contributed by atoms with van der Waals surface area (Å²) >= 11 is 0. The van der Waals surface area contributed by atoms with Crippen molar-refractivity contribution < 1.29 is 0 Å². The fraction of sp³-hybridized carbons (Fsp3) is 0.357. The van der Waals surface area contributed by atoms with Gasteiger partial charge in [0.25, 0.3) is 0 Å². The van der Waals surface area contributed by atoms with Gasteiger partial charge in [-0.3, -0.25) is 0 Å². The zero-order chi connectivity index (χ0) is 11.9. The highest BCUT2D eigenvalue weighted by Crippen LogP contribution is 2.38. The van der Waals surface area contributed by atoms with Crippen LogP contribution in [-0.4, -0.2) is 9.55 Å². The van der Waals surface area contributed by atoms with E-state index in [2.05, 4.69) is 29.2 Å². The van der Waals surface area contributed by atoms with Gasteiger partial charge in [-0.15, -0.1) is 0 Å². The van der Waals surface area contributed by atoms with E-state index in [0.29, 0.717) is 0 Å². The molecule has 1 fully saturated rings. The van der Waals surface area contributed by atoms with Crippen molar-refractivity contribution in [3.8, 4) is 11.4 Å². The van der Waals surface area contributed by atoms with Crippen molar-refractivity contribution in [3.05, 3.63) is 42.2 Å². The minimum absolute atomic E-state index is 0.0693. The van der Waals surface area contributed by atoms with Gasteiger partial charge >= 0.3 is 0 Å². The van der Waals surface area contributed by atoms with Crippen LogP contribution in [0.3, 0.4) is 0 Å². The number of aromatic nitrogens is 2. The van der Waals surface area contributed by atoms with Crippen LogP contribution in [0.25, 0.3) is 11.4 Å². The number of nitrogens with two attached hydrogens (primary N) is 1. The van der Waals surface area contributed by atoms with Crippen LogP contribution in [-0.2, 0) is 12.6 Å². The van der Waals surface area contributed by atoms with E-state index in [0.717, 1.165) is 24.2 Å². The normalized spacial score (nSPS) is 17.8. The van der Waals surface area contributed by atoms with Gasteiger partial charge in [-0.05, 0) is 24.8 Å². The van der Waals surface area contributed by atoms with Crippen LogP contribution >= 0.6 is 0 Å². The smallest absolute Gasteiger partial charge is 0.139 e. The topological polar surface area (TPSA) is 43.8 Å². The predicted octanol–water partition coefficient (Wildman–Crippen LogP) is 2.43. The first kappa shape index (κ1) is 10.5. The van der Waals surface area contributed by atoms with Gasteiger partial charge in [0.05, 0.1) is 0 Å². The summed E-state index contributed by atoms with van der Waals surface area (Å²) in [5, 5.41) is 0. The molecule has 1 saturated carbocycles. The first-order valence-corrected chi connectivity index (χ1v) is 6.06. The second-order valence-corrected chi connectivity index (χ2v) is 4.95. The molecule has 0 saturated heterocycles. The van der Waals surface area contributed by atoms with Crippen LogP contribution in [0.5, 0.6) is 0 Å². The number of hydrogen-bond acceptors (Lipinski definition) is 2. The molecular weight excluding hydrogens is 210 g/mol. The summed E-state index contributed by atoms with van der Waals surface area (Å²) in [6, 6.07) is 8.52. The highest BCUT2D eigenvalue weighted by atomic mass is 15.0. The Morgan fingerprint density at radius 3 is 2.41 bits per heavy atom. The first-order valence-electron chi connectivity index (χ1n) is 6.06. The average Bonchev–Trinajstić information content (AvgIpc) is 2.73. The van der Waals surface area contributed by atoms with Crippen LogP contribution in [0.15, 0.2) is 36.7 Å². The van der Waals surface area contributed by atoms with Crippen molar-refractivity contribution in [2.75, 3.05) is 0 Å².